The SMILES string of the molecule is CN(C)C(=O)CCNC(=O)N1CCC[C@H]1C1CCCCC1. The summed E-state index contributed by atoms with van der Waals surface area (Å²) >= 11 is 0. The summed E-state index contributed by atoms with van der Waals surface area (Å²) in [5.41, 5.74) is 0. The highest BCUT2D eigenvalue weighted by molar-refractivity contribution is 5.78. The first-order chi connectivity index (χ1) is 10.1. The van der Waals surface area contributed by atoms with E-state index in [1.165, 1.54) is 32.1 Å². The van der Waals surface area contributed by atoms with Crippen LogP contribution in [-0.2, 0) is 4.79 Å². The van der Waals surface area contributed by atoms with E-state index in [1.807, 2.05) is 4.90 Å². The van der Waals surface area contributed by atoms with Crippen molar-refractivity contribution in [2.24, 2.45) is 5.92 Å². The Labute approximate surface area is 128 Å². The number of amides is 3. The van der Waals surface area contributed by atoms with Crippen LogP contribution in [0, 0.1) is 5.92 Å². The summed E-state index contributed by atoms with van der Waals surface area (Å²) < 4.78 is 0. The average molecular weight is 295 g/mol. The molecule has 1 N–H and O–H groups in total. The molecule has 21 heavy (non-hydrogen) atoms. The smallest absolute Gasteiger partial charge is 0.317 e. The van der Waals surface area contributed by atoms with Gasteiger partial charge in [0.2, 0.25) is 5.91 Å². The van der Waals surface area contributed by atoms with Gasteiger partial charge in [-0.15, -0.1) is 0 Å². The molecule has 1 aliphatic carbocycles. The highest BCUT2D eigenvalue weighted by atomic mass is 16.2. The van der Waals surface area contributed by atoms with Gasteiger partial charge in [-0.3, -0.25) is 4.79 Å². The Hall–Kier alpha value is -1.26. The van der Waals surface area contributed by atoms with Gasteiger partial charge in [0.05, 0.1) is 0 Å². The second-order valence-electron chi connectivity index (χ2n) is 6.57. The summed E-state index contributed by atoms with van der Waals surface area (Å²) in [6.07, 6.45) is 9.16. The van der Waals surface area contributed by atoms with Crippen molar-refractivity contribution in [3.63, 3.8) is 0 Å². The van der Waals surface area contributed by atoms with E-state index in [-0.39, 0.29) is 11.9 Å². The third kappa shape index (κ3) is 4.35. The quantitative estimate of drug-likeness (QED) is 0.864. The zero-order valence-corrected chi connectivity index (χ0v) is 13.4. The van der Waals surface area contributed by atoms with Crippen molar-refractivity contribution in [2.45, 2.75) is 57.4 Å². The van der Waals surface area contributed by atoms with Gasteiger partial charge in [-0.2, -0.15) is 0 Å². The third-order valence-corrected chi connectivity index (χ3v) is 4.87. The second kappa shape index (κ2) is 7.66. The number of rotatable bonds is 4. The largest absolute Gasteiger partial charge is 0.349 e. The highest BCUT2D eigenvalue weighted by Gasteiger charge is 2.34. The normalized spacial score (nSPS) is 23.1. The van der Waals surface area contributed by atoms with Crippen LogP contribution in [0.4, 0.5) is 4.79 Å². The molecule has 1 saturated carbocycles. The third-order valence-electron chi connectivity index (χ3n) is 4.87. The molecule has 0 bridgehead atoms. The fraction of sp³-hybridized carbons (Fsp3) is 0.875. The minimum Gasteiger partial charge on any atom is -0.349 e. The summed E-state index contributed by atoms with van der Waals surface area (Å²) in [6, 6.07) is 0.449. The molecule has 2 fully saturated rings. The van der Waals surface area contributed by atoms with Gasteiger partial charge in [-0.25, -0.2) is 4.79 Å². The van der Waals surface area contributed by atoms with Crippen molar-refractivity contribution in [3.8, 4) is 0 Å². The van der Waals surface area contributed by atoms with E-state index in [0.29, 0.717) is 24.9 Å². The molecule has 120 valence electrons. The van der Waals surface area contributed by atoms with Crippen LogP contribution in [0.25, 0.3) is 0 Å². The van der Waals surface area contributed by atoms with Gasteiger partial charge in [0, 0.05) is 39.6 Å². The van der Waals surface area contributed by atoms with Gasteiger partial charge in [0.25, 0.3) is 0 Å². The van der Waals surface area contributed by atoms with Gasteiger partial charge in [0.15, 0.2) is 0 Å². The van der Waals surface area contributed by atoms with E-state index in [0.717, 1.165) is 19.4 Å². The highest BCUT2D eigenvalue weighted by Crippen LogP contribution is 2.34. The van der Waals surface area contributed by atoms with Crippen LogP contribution in [0.5, 0.6) is 0 Å². The van der Waals surface area contributed by atoms with Gasteiger partial charge in [-0.1, -0.05) is 19.3 Å². The Morgan fingerprint density at radius 2 is 1.81 bits per heavy atom. The van der Waals surface area contributed by atoms with Gasteiger partial charge in [0.1, 0.15) is 0 Å². The summed E-state index contributed by atoms with van der Waals surface area (Å²) in [6.45, 7) is 1.30. The number of likely N-dealkylation sites (tertiary alicyclic amines) is 1. The maximum Gasteiger partial charge on any atom is 0.317 e. The molecular formula is C16H29N3O2. The Morgan fingerprint density at radius 1 is 1.10 bits per heavy atom. The van der Waals surface area contributed by atoms with Crippen LogP contribution >= 0.6 is 0 Å². The molecule has 2 aliphatic rings. The number of hydrogen-bond donors (Lipinski definition) is 1. The van der Waals surface area contributed by atoms with E-state index < -0.39 is 0 Å². The van der Waals surface area contributed by atoms with E-state index in [9.17, 15) is 9.59 Å². The summed E-state index contributed by atoms with van der Waals surface area (Å²) in [5.74, 6) is 0.746. The molecular weight excluding hydrogens is 266 g/mol. The molecule has 0 unspecified atom stereocenters. The van der Waals surface area contributed by atoms with E-state index in [1.54, 1.807) is 19.0 Å². The predicted octanol–water partition coefficient (Wildman–Crippen LogP) is 2.22. The number of carbonyl (C=O) groups is 2. The lowest BCUT2D eigenvalue weighted by atomic mass is 9.83. The molecule has 5 heteroatoms. The van der Waals surface area contributed by atoms with Gasteiger partial charge >= 0.3 is 6.03 Å². The first-order valence-electron chi connectivity index (χ1n) is 8.34. The number of nitrogens with one attached hydrogen (secondary N) is 1. The molecule has 0 radical (unpaired) electrons. The van der Waals surface area contributed by atoms with Crippen molar-refractivity contribution in [3.05, 3.63) is 0 Å². The molecule has 1 saturated heterocycles. The Bertz CT molecular complexity index is 365. The predicted molar refractivity (Wildman–Crippen MR) is 83.0 cm³/mol. The molecule has 1 aliphatic heterocycles. The van der Waals surface area contributed by atoms with Gasteiger partial charge in [-0.05, 0) is 31.6 Å². The van der Waals surface area contributed by atoms with Crippen molar-refractivity contribution in [1.82, 2.24) is 15.1 Å². The van der Waals surface area contributed by atoms with Crippen molar-refractivity contribution >= 4 is 11.9 Å². The molecule has 1 atom stereocenters. The van der Waals surface area contributed by atoms with E-state index in [2.05, 4.69) is 5.32 Å². The maximum atomic E-state index is 12.3. The first kappa shape index (κ1) is 16.1. The topological polar surface area (TPSA) is 52.7 Å². The molecule has 0 aromatic carbocycles. The number of nitrogens with zero attached hydrogens (tertiary/aromatic N) is 2. The first-order valence-corrected chi connectivity index (χ1v) is 8.34. The zero-order chi connectivity index (χ0) is 15.2. The molecule has 1 heterocycles. The Kier molecular flexibility index (Phi) is 5.88. The molecule has 0 aromatic heterocycles. The van der Waals surface area contributed by atoms with Gasteiger partial charge < -0.3 is 15.1 Å². The number of carbonyl (C=O) groups excluding carboxylic acids is 2. The monoisotopic (exact) mass is 295 g/mol. The lowest BCUT2D eigenvalue weighted by Crippen LogP contribution is -2.46. The maximum absolute atomic E-state index is 12.3. The number of urea groups is 1. The zero-order valence-electron chi connectivity index (χ0n) is 13.4. The molecule has 2 rings (SSSR count). The molecule has 3 amide bonds. The van der Waals surface area contributed by atoms with Crippen molar-refractivity contribution < 1.29 is 9.59 Å². The van der Waals surface area contributed by atoms with Crippen LogP contribution in [-0.4, -0.2) is 55.0 Å². The lowest BCUT2D eigenvalue weighted by molar-refractivity contribution is -0.128. The van der Waals surface area contributed by atoms with Crippen LogP contribution in [0.3, 0.4) is 0 Å². The average Bonchev–Trinajstić information content (AvgIpc) is 2.97. The number of hydrogen-bond acceptors (Lipinski definition) is 2. The molecule has 0 spiro atoms. The molecule has 0 aromatic rings. The van der Waals surface area contributed by atoms with Crippen LogP contribution in [0.1, 0.15) is 51.4 Å². The van der Waals surface area contributed by atoms with Crippen molar-refractivity contribution in [1.29, 1.82) is 0 Å². The van der Waals surface area contributed by atoms with E-state index in [4.69, 9.17) is 0 Å². The molecule has 5 nitrogen and oxygen atoms in total. The fourth-order valence-electron chi connectivity index (χ4n) is 3.66. The second-order valence-corrected chi connectivity index (χ2v) is 6.57. The Morgan fingerprint density at radius 3 is 2.48 bits per heavy atom. The lowest BCUT2D eigenvalue weighted by Gasteiger charge is -2.34. The summed E-state index contributed by atoms with van der Waals surface area (Å²) in [4.78, 5) is 27.4. The minimum absolute atomic E-state index is 0.0228. The van der Waals surface area contributed by atoms with Crippen LogP contribution in [0.15, 0.2) is 0 Å². The Balaban J connectivity index is 1.79. The summed E-state index contributed by atoms with van der Waals surface area (Å²) in [5, 5.41) is 2.92. The minimum atomic E-state index is 0.0228. The van der Waals surface area contributed by atoms with Crippen LogP contribution < -0.4 is 5.32 Å². The fourth-order valence-corrected chi connectivity index (χ4v) is 3.66. The van der Waals surface area contributed by atoms with Crippen LogP contribution in [0.2, 0.25) is 0 Å². The van der Waals surface area contributed by atoms with Crippen molar-refractivity contribution in [2.75, 3.05) is 27.2 Å². The van der Waals surface area contributed by atoms with E-state index >= 15 is 0 Å². The summed E-state index contributed by atoms with van der Waals surface area (Å²) in [7, 11) is 3.48. The standard InChI is InChI=1S/C16H29N3O2/c1-18(2)15(20)10-11-17-16(21)19-12-6-9-14(19)13-7-4-3-5-8-13/h13-14H,3-12H2,1-2H3,(H,17,21)/t14-/m0/s1.